The molecule has 1 aliphatic heterocycles. The van der Waals surface area contributed by atoms with Crippen LogP contribution in [0.15, 0.2) is 64.1 Å². The summed E-state index contributed by atoms with van der Waals surface area (Å²) in [5, 5.41) is 0.632. The molecule has 170 valence electrons. The molecule has 0 radical (unpaired) electrons. The van der Waals surface area contributed by atoms with E-state index in [0.29, 0.717) is 40.1 Å². The minimum Gasteiger partial charge on any atom is -0.493 e. The number of fused-ring (bicyclic) bond motifs is 1. The van der Waals surface area contributed by atoms with Crippen LogP contribution in [0.3, 0.4) is 0 Å². The van der Waals surface area contributed by atoms with Gasteiger partial charge < -0.3 is 13.9 Å². The quantitative estimate of drug-likeness (QED) is 0.391. The van der Waals surface area contributed by atoms with Gasteiger partial charge in [0.2, 0.25) is 5.58 Å². The number of methoxy groups -OCH3 is 1. The second-order valence-corrected chi connectivity index (χ2v) is 8.42. The lowest BCUT2D eigenvalue weighted by Crippen LogP contribution is -2.25. The number of hydrogen-bond donors (Lipinski definition) is 0. The summed E-state index contributed by atoms with van der Waals surface area (Å²) in [7, 11) is 1.58. The highest BCUT2D eigenvalue weighted by Crippen LogP contribution is 2.30. The van der Waals surface area contributed by atoms with Gasteiger partial charge in [0, 0.05) is 29.3 Å². The molecule has 0 spiro atoms. The number of likely N-dealkylation sites (tertiary alicyclic amines) is 1. The number of ether oxygens (including phenoxy) is 2. The Morgan fingerprint density at radius 1 is 1.06 bits per heavy atom. The van der Waals surface area contributed by atoms with E-state index in [1.165, 1.54) is 23.7 Å². The van der Waals surface area contributed by atoms with Gasteiger partial charge in [-0.25, -0.2) is 4.98 Å². The first-order chi connectivity index (χ1) is 16.1. The van der Waals surface area contributed by atoms with Crippen molar-refractivity contribution in [3.05, 3.63) is 70.2 Å². The van der Waals surface area contributed by atoms with E-state index in [2.05, 4.69) is 9.88 Å². The molecule has 0 amide bonds. The van der Waals surface area contributed by atoms with Crippen LogP contribution in [-0.4, -0.2) is 47.8 Å². The van der Waals surface area contributed by atoms with Gasteiger partial charge in [-0.15, -0.1) is 0 Å². The first-order valence-electron chi connectivity index (χ1n) is 10.9. The predicted molar refractivity (Wildman–Crippen MR) is 128 cm³/mol. The molecule has 1 aliphatic rings. The summed E-state index contributed by atoms with van der Waals surface area (Å²) >= 11 is 5.97. The van der Waals surface area contributed by atoms with E-state index in [9.17, 15) is 4.79 Å². The number of furan rings is 1. The number of rotatable bonds is 7. The molecule has 2 aromatic carbocycles. The second-order valence-electron chi connectivity index (χ2n) is 7.98. The monoisotopic (exact) mass is 465 g/mol. The fourth-order valence-corrected chi connectivity index (χ4v) is 4.19. The zero-order valence-corrected chi connectivity index (χ0v) is 19.0. The molecule has 0 saturated carbocycles. The van der Waals surface area contributed by atoms with Crippen LogP contribution < -0.4 is 15.0 Å². The molecule has 1 saturated heterocycles. The van der Waals surface area contributed by atoms with Gasteiger partial charge in [0.25, 0.3) is 0 Å². The minimum atomic E-state index is -0.301. The van der Waals surface area contributed by atoms with Crippen molar-refractivity contribution in [3.63, 3.8) is 0 Å². The largest absolute Gasteiger partial charge is 0.493 e. The molecule has 5 rings (SSSR count). The maximum Gasteiger partial charge on any atom is 0.301 e. The average molecular weight is 466 g/mol. The zero-order chi connectivity index (χ0) is 22.8. The zero-order valence-electron chi connectivity index (χ0n) is 18.3. The van der Waals surface area contributed by atoms with Gasteiger partial charge in [-0.05, 0) is 62.3 Å². The van der Waals surface area contributed by atoms with Crippen molar-refractivity contribution in [2.75, 3.05) is 33.4 Å². The molecule has 7 nitrogen and oxygen atoms in total. The SMILES string of the molecule is COc1cc(-n2cnc3cc(-c4ccc(Cl)cc4)oc3c2=O)ccc1OCCN1CCCC1. The smallest absolute Gasteiger partial charge is 0.301 e. The highest BCUT2D eigenvalue weighted by molar-refractivity contribution is 6.30. The van der Waals surface area contributed by atoms with Crippen molar-refractivity contribution in [3.8, 4) is 28.5 Å². The van der Waals surface area contributed by atoms with Gasteiger partial charge in [-0.2, -0.15) is 0 Å². The number of hydrogen-bond acceptors (Lipinski definition) is 6. The lowest BCUT2D eigenvalue weighted by Gasteiger charge is -2.16. The third kappa shape index (κ3) is 4.47. The topological polar surface area (TPSA) is 69.7 Å². The molecule has 33 heavy (non-hydrogen) atoms. The van der Waals surface area contributed by atoms with Crippen molar-refractivity contribution in [2.24, 2.45) is 0 Å². The maximum absolute atomic E-state index is 13.2. The summed E-state index contributed by atoms with van der Waals surface area (Å²) in [5.41, 5.74) is 1.82. The third-order valence-corrected chi connectivity index (χ3v) is 6.11. The molecule has 0 N–H and O–H groups in total. The van der Waals surface area contributed by atoms with Gasteiger partial charge in [0.05, 0.1) is 12.8 Å². The van der Waals surface area contributed by atoms with Crippen molar-refractivity contribution in [1.29, 1.82) is 0 Å². The summed E-state index contributed by atoms with van der Waals surface area (Å²) in [6.07, 6.45) is 4.00. The minimum absolute atomic E-state index is 0.187. The number of nitrogens with zero attached hydrogens (tertiary/aromatic N) is 3. The van der Waals surface area contributed by atoms with Gasteiger partial charge in [0.15, 0.2) is 11.5 Å². The molecule has 0 unspecified atom stereocenters. The standard InChI is InChI=1S/C25H24ClN3O4/c1-31-23-14-19(8-9-21(23)32-13-12-28-10-2-3-11-28)29-16-27-20-15-22(33-24(20)25(29)30)17-4-6-18(26)7-5-17/h4-9,14-16H,2-3,10-13H2,1H3. The highest BCUT2D eigenvalue weighted by atomic mass is 35.5. The molecule has 0 bridgehead atoms. The Kier molecular flexibility index (Phi) is 6.07. The van der Waals surface area contributed by atoms with Crippen LogP contribution in [0, 0.1) is 0 Å². The van der Waals surface area contributed by atoms with E-state index in [-0.39, 0.29) is 11.1 Å². The Bertz CT molecular complexity index is 1320. The fourth-order valence-electron chi connectivity index (χ4n) is 4.07. The van der Waals surface area contributed by atoms with E-state index in [0.717, 1.165) is 25.2 Å². The van der Waals surface area contributed by atoms with E-state index < -0.39 is 0 Å². The van der Waals surface area contributed by atoms with Gasteiger partial charge in [-0.3, -0.25) is 14.3 Å². The summed E-state index contributed by atoms with van der Waals surface area (Å²) in [5.74, 6) is 1.76. The number of halogens is 1. The third-order valence-electron chi connectivity index (χ3n) is 5.86. The maximum atomic E-state index is 13.2. The van der Waals surface area contributed by atoms with E-state index >= 15 is 0 Å². The molecular weight excluding hydrogens is 442 g/mol. The Labute approximate surface area is 196 Å². The van der Waals surface area contributed by atoms with E-state index in [4.69, 9.17) is 25.5 Å². The molecule has 3 heterocycles. The van der Waals surface area contributed by atoms with Crippen LogP contribution in [-0.2, 0) is 0 Å². The normalized spacial score (nSPS) is 14.1. The highest BCUT2D eigenvalue weighted by Gasteiger charge is 2.16. The Hall–Kier alpha value is -3.29. The summed E-state index contributed by atoms with van der Waals surface area (Å²) in [4.78, 5) is 20.0. The first kappa shape index (κ1) is 21.6. The van der Waals surface area contributed by atoms with Crippen LogP contribution in [0.1, 0.15) is 12.8 Å². The van der Waals surface area contributed by atoms with Crippen LogP contribution in [0.5, 0.6) is 11.5 Å². The van der Waals surface area contributed by atoms with Crippen molar-refractivity contribution >= 4 is 22.7 Å². The first-order valence-corrected chi connectivity index (χ1v) is 11.3. The van der Waals surface area contributed by atoms with Gasteiger partial charge in [-0.1, -0.05) is 11.6 Å². The van der Waals surface area contributed by atoms with Crippen LogP contribution >= 0.6 is 11.6 Å². The Morgan fingerprint density at radius 3 is 2.61 bits per heavy atom. The summed E-state index contributed by atoms with van der Waals surface area (Å²) in [6, 6.07) is 14.4. The van der Waals surface area contributed by atoms with Crippen molar-refractivity contribution < 1.29 is 13.9 Å². The Balaban J connectivity index is 1.41. The predicted octanol–water partition coefficient (Wildman–Crippen LogP) is 4.78. The molecular formula is C25H24ClN3O4. The molecule has 0 aliphatic carbocycles. The van der Waals surface area contributed by atoms with E-state index in [1.807, 2.05) is 24.3 Å². The average Bonchev–Trinajstić information content (AvgIpc) is 3.51. The summed E-state index contributed by atoms with van der Waals surface area (Å²) in [6.45, 7) is 3.73. The molecule has 8 heteroatoms. The van der Waals surface area contributed by atoms with Crippen LogP contribution in [0.4, 0.5) is 0 Å². The molecule has 4 aromatic rings. The molecule has 2 aromatic heterocycles. The Morgan fingerprint density at radius 2 is 1.85 bits per heavy atom. The van der Waals surface area contributed by atoms with E-state index in [1.54, 1.807) is 31.4 Å². The van der Waals surface area contributed by atoms with Crippen molar-refractivity contribution in [2.45, 2.75) is 12.8 Å². The van der Waals surface area contributed by atoms with Crippen molar-refractivity contribution in [1.82, 2.24) is 14.5 Å². The van der Waals surface area contributed by atoms with Gasteiger partial charge in [0.1, 0.15) is 24.2 Å². The molecule has 0 atom stereocenters. The lowest BCUT2D eigenvalue weighted by molar-refractivity contribution is 0.230. The fraction of sp³-hybridized carbons (Fsp3) is 0.280. The summed E-state index contributed by atoms with van der Waals surface area (Å²) < 4.78 is 18.8. The lowest BCUT2D eigenvalue weighted by atomic mass is 10.2. The molecule has 1 fully saturated rings. The van der Waals surface area contributed by atoms with Gasteiger partial charge >= 0.3 is 5.56 Å². The number of benzene rings is 2. The number of aromatic nitrogens is 2. The second kappa shape index (κ2) is 9.29. The van der Waals surface area contributed by atoms with Crippen LogP contribution in [0.25, 0.3) is 28.1 Å². The van der Waals surface area contributed by atoms with Crippen LogP contribution in [0.2, 0.25) is 5.02 Å².